The molecule has 0 aromatic heterocycles. The topological polar surface area (TPSA) is 189 Å². The van der Waals surface area contributed by atoms with Gasteiger partial charge in [-0.15, -0.1) is 0 Å². The molecule has 1 fully saturated rings. The molecule has 0 amide bonds. The van der Waals surface area contributed by atoms with Gasteiger partial charge in [-0.25, -0.2) is 0 Å². The highest BCUT2D eigenvalue weighted by atomic mass is 31.2. The number of rotatable bonds is 35. The second-order valence-corrected chi connectivity index (χ2v) is 18.1. The van der Waals surface area contributed by atoms with Crippen LogP contribution in [0.4, 0.5) is 0 Å². The number of esters is 2. The van der Waals surface area contributed by atoms with Crippen molar-refractivity contribution in [2.45, 2.75) is 180 Å². The molecule has 14 heteroatoms. The fourth-order valence-electron chi connectivity index (χ4n) is 6.77. The zero-order valence-corrected chi connectivity index (χ0v) is 36.3. The standard InChI is InChI=1S/C42H78NO12P/c1-6-8-10-11-12-13-14-15-16-17-19-24-41(48)52-32-36(33-54-56(50,51)53-29-28-43(3,4)5)55-42(49)25-21-20-23-35(45)30-38-37(39(46)31-40(38)47)27-26-34(44)22-18-9-7-2/h26-27,34,36-40,44,46-47H,6-25,28-33H2,1-5H3/b27-26+/t34-,36+,37+,38+,39+,40-/m0/s1. The van der Waals surface area contributed by atoms with E-state index in [1.165, 1.54) is 44.9 Å². The fraction of sp³-hybridized carbons (Fsp3) is 0.881. The van der Waals surface area contributed by atoms with Crippen molar-refractivity contribution in [2.75, 3.05) is 47.5 Å². The minimum atomic E-state index is -4.72. The number of aliphatic hydroxyl groups is 3. The lowest BCUT2D eigenvalue weighted by molar-refractivity contribution is -0.870. The van der Waals surface area contributed by atoms with Crippen LogP contribution >= 0.6 is 7.82 Å². The van der Waals surface area contributed by atoms with Crippen LogP contribution in [0.3, 0.4) is 0 Å². The fourth-order valence-corrected chi connectivity index (χ4v) is 7.50. The monoisotopic (exact) mass is 820 g/mol. The van der Waals surface area contributed by atoms with E-state index in [2.05, 4.69) is 13.8 Å². The Labute approximate surface area is 338 Å². The molecular formula is C42H78NO12P. The van der Waals surface area contributed by atoms with Crippen LogP contribution in [0, 0.1) is 11.8 Å². The molecule has 13 nitrogen and oxygen atoms in total. The average Bonchev–Trinajstić information content (AvgIpc) is 3.39. The molecular weight excluding hydrogens is 741 g/mol. The number of ether oxygens (including phenoxy) is 2. The molecule has 0 heterocycles. The number of quaternary nitrogens is 1. The highest BCUT2D eigenvalue weighted by molar-refractivity contribution is 7.45. The Morgan fingerprint density at radius 2 is 1.32 bits per heavy atom. The number of unbranched alkanes of at least 4 members (excludes halogenated alkanes) is 13. The Bertz CT molecular complexity index is 1150. The highest BCUT2D eigenvalue weighted by Crippen LogP contribution is 2.39. The summed E-state index contributed by atoms with van der Waals surface area (Å²) < 4.78 is 33.7. The van der Waals surface area contributed by atoms with E-state index < -0.39 is 62.6 Å². The van der Waals surface area contributed by atoms with Gasteiger partial charge in [-0.2, -0.15) is 0 Å². The van der Waals surface area contributed by atoms with Gasteiger partial charge in [0.05, 0.1) is 46.1 Å². The number of nitrogens with zero attached hydrogens (tertiary/aromatic N) is 1. The van der Waals surface area contributed by atoms with Gasteiger partial charge in [0.15, 0.2) is 6.10 Å². The van der Waals surface area contributed by atoms with Crippen LogP contribution in [0.15, 0.2) is 12.2 Å². The first kappa shape index (κ1) is 52.3. The zero-order chi connectivity index (χ0) is 41.8. The number of hydrogen-bond donors (Lipinski definition) is 3. The smallest absolute Gasteiger partial charge is 0.306 e. The average molecular weight is 820 g/mol. The molecule has 56 heavy (non-hydrogen) atoms. The maximum Gasteiger partial charge on any atom is 0.306 e. The van der Waals surface area contributed by atoms with Crippen molar-refractivity contribution in [1.29, 1.82) is 0 Å². The predicted octanol–water partition coefficient (Wildman–Crippen LogP) is 6.73. The Hall–Kier alpha value is -1.70. The van der Waals surface area contributed by atoms with Gasteiger partial charge in [-0.3, -0.25) is 18.9 Å². The van der Waals surface area contributed by atoms with Crippen LogP contribution in [-0.4, -0.2) is 109 Å². The van der Waals surface area contributed by atoms with Crippen molar-refractivity contribution in [3.63, 3.8) is 0 Å². The number of phosphoric acid groups is 1. The summed E-state index contributed by atoms with van der Waals surface area (Å²) in [7, 11) is 0.942. The van der Waals surface area contributed by atoms with E-state index in [1.54, 1.807) is 12.2 Å². The third kappa shape index (κ3) is 27.1. The molecule has 0 aromatic rings. The summed E-state index contributed by atoms with van der Waals surface area (Å²) in [5.74, 6) is -2.13. The van der Waals surface area contributed by atoms with E-state index in [4.69, 9.17) is 18.5 Å². The minimum absolute atomic E-state index is 0.0580. The van der Waals surface area contributed by atoms with Crippen molar-refractivity contribution < 1.29 is 62.2 Å². The Morgan fingerprint density at radius 1 is 0.768 bits per heavy atom. The molecule has 0 aliphatic heterocycles. The lowest BCUT2D eigenvalue weighted by Gasteiger charge is -2.28. The van der Waals surface area contributed by atoms with E-state index in [0.29, 0.717) is 36.7 Å². The van der Waals surface area contributed by atoms with Gasteiger partial charge in [0.25, 0.3) is 7.82 Å². The summed E-state index contributed by atoms with van der Waals surface area (Å²) in [6.07, 6.45) is 17.3. The highest BCUT2D eigenvalue weighted by Gasteiger charge is 2.41. The minimum Gasteiger partial charge on any atom is -0.756 e. The van der Waals surface area contributed by atoms with E-state index in [-0.39, 0.29) is 51.1 Å². The second kappa shape index (κ2) is 30.4. The van der Waals surface area contributed by atoms with E-state index in [9.17, 15) is 39.2 Å². The molecule has 1 saturated carbocycles. The van der Waals surface area contributed by atoms with Crippen molar-refractivity contribution in [2.24, 2.45) is 11.8 Å². The van der Waals surface area contributed by atoms with Crippen molar-refractivity contribution >= 4 is 25.5 Å². The quantitative estimate of drug-likeness (QED) is 0.0202. The van der Waals surface area contributed by atoms with Crippen LogP contribution < -0.4 is 4.89 Å². The first-order valence-corrected chi connectivity index (χ1v) is 23.0. The molecule has 0 saturated heterocycles. The van der Waals surface area contributed by atoms with Gasteiger partial charge in [0.1, 0.15) is 25.5 Å². The molecule has 1 unspecified atom stereocenters. The molecule has 1 aliphatic rings. The molecule has 0 radical (unpaired) electrons. The van der Waals surface area contributed by atoms with Gasteiger partial charge in [-0.05, 0) is 25.7 Å². The largest absolute Gasteiger partial charge is 0.756 e. The van der Waals surface area contributed by atoms with Crippen LogP contribution in [0.2, 0.25) is 0 Å². The maximum absolute atomic E-state index is 12.9. The van der Waals surface area contributed by atoms with Crippen LogP contribution in [0.5, 0.6) is 0 Å². The van der Waals surface area contributed by atoms with E-state index >= 15 is 0 Å². The number of ketones is 1. The van der Waals surface area contributed by atoms with Gasteiger partial charge in [-0.1, -0.05) is 109 Å². The van der Waals surface area contributed by atoms with Gasteiger partial charge in [0, 0.05) is 43.9 Å². The number of likely N-dealkylation sites (N-methyl/N-ethyl adjacent to an activating group) is 1. The molecule has 0 spiro atoms. The summed E-state index contributed by atoms with van der Waals surface area (Å²) in [5.41, 5.74) is 0. The lowest BCUT2D eigenvalue weighted by atomic mass is 9.87. The summed E-state index contributed by atoms with van der Waals surface area (Å²) in [6.45, 7) is 3.66. The predicted molar refractivity (Wildman–Crippen MR) is 215 cm³/mol. The Kier molecular flexibility index (Phi) is 28.4. The van der Waals surface area contributed by atoms with Gasteiger partial charge < -0.3 is 43.2 Å². The number of carbonyl (C=O) groups excluding carboxylic acids is 3. The van der Waals surface area contributed by atoms with E-state index in [0.717, 1.165) is 38.5 Å². The summed E-state index contributed by atoms with van der Waals surface area (Å²) >= 11 is 0. The zero-order valence-electron chi connectivity index (χ0n) is 35.4. The molecule has 7 atom stereocenters. The number of hydrogen-bond acceptors (Lipinski definition) is 12. The van der Waals surface area contributed by atoms with Crippen LogP contribution in [0.1, 0.15) is 155 Å². The number of carbonyl (C=O) groups is 3. The lowest BCUT2D eigenvalue weighted by Crippen LogP contribution is -2.37. The van der Waals surface area contributed by atoms with Crippen LogP contribution in [0.25, 0.3) is 0 Å². The third-order valence-electron chi connectivity index (χ3n) is 10.3. The third-order valence-corrected chi connectivity index (χ3v) is 11.2. The normalized spacial score (nSPS) is 20.9. The number of Topliss-reactive ketones (excluding diaryl/α,β-unsaturated/α-hetero) is 1. The molecule has 1 rings (SSSR count). The molecule has 1 aliphatic carbocycles. The van der Waals surface area contributed by atoms with E-state index in [1.807, 2.05) is 21.1 Å². The SMILES string of the molecule is CCCCCCCCCCCCCC(=O)OC[C@H](COP(=O)([O-])OCC[N+](C)(C)C)OC(=O)CCCCC(=O)C[C@@H]1[C@@H](/C=C/[C@@H](O)CCCCC)[C@H](O)C[C@@H]1O. The summed E-state index contributed by atoms with van der Waals surface area (Å²) in [4.78, 5) is 50.5. The second-order valence-electron chi connectivity index (χ2n) is 16.7. The summed E-state index contributed by atoms with van der Waals surface area (Å²) in [5, 5.41) is 31.3. The van der Waals surface area contributed by atoms with Crippen molar-refractivity contribution in [3.05, 3.63) is 12.2 Å². The first-order valence-electron chi connectivity index (χ1n) is 21.6. The Balaban J connectivity index is 2.56. The van der Waals surface area contributed by atoms with Gasteiger partial charge >= 0.3 is 11.9 Å². The van der Waals surface area contributed by atoms with Crippen molar-refractivity contribution in [3.8, 4) is 0 Å². The van der Waals surface area contributed by atoms with Crippen LogP contribution in [-0.2, 0) is 37.5 Å². The molecule has 0 aromatic carbocycles. The summed E-state index contributed by atoms with van der Waals surface area (Å²) in [6, 6.07) is 0. The molecule has 0 bridgehead atoms. The molecule has 328 valence electrons. The number of phosphoric ester groups is 1. The number of aliphatic hydroxyl groups excluding tert-OH is 3. The Morgan fingerprint density at radius 3 is 1.95 bits per heavy atom. The molecule has 3 N–H and O–H groups in total. The maximum atomic E-state index is 12.9. The van der Waals surface area contributed by atoms with Gasteiger partial charge in [0.2, 0.25) is 0 Å². The first-order chi connectivity index (χ1) is 26.6. The van der Waals surface area contributed by atoms with Crippen molar-refractivity contribution in [1.82, 2.24) is 0 Å².